The third-order valence-electron chi connectivity index (χ3n) is 3.98. The van der Waals surface area contributed by atoms with Crippen molar-refractivity contribution in [1.29, 1.82) is 0 Å². The predicted octanol–water partition coefficient (Wildman–Crippen LogP) is 3.14. The molecule has 0 bridgehead atoms. The molecule has 2 rings (SSSR count). The lowest BCUT2D eigenvalue weighted by Crippen LogP contribution is -2.41. The Balaban J connectivity index is 1.95. The number of hydrogen-bond donors (Lipinski definition) is 1. The van der Waals surface area contributed by atoms with Crippen LogP contribution in [0.1, 0.15) is 25.3 Å². The second-order valence-electron chi connectivity index (χ2n) is 5.65. The van der Waals surface area contributed by atoms with E-state index in [1.165, 1.54) is 0 Å². The summed E-state index contributed by atoms with van der Waals surface area (Å²) >= 11 is 11.8. The first kappa shape index (κ1) is 18.0. The van der Waals surface area contributed by atoms with Gasteiger partial charge in [0.2, 0.25) is 10.0 Å². The van der Waals surface area contributed by atoms with Crippen LogP contribution in [0.5, 0.6) is 0 Å². The fraction of sp³-hybridized carbons (Fsp3) is 0.600. The number of nitrogens with zero attached hydrogens (tertiary/aromatic N) is 1. The molecule has 0 saturated carbocycles. The van der Waals surface area contributed by atoms with Crippen LogP contribution >= 0.6 is 23.2 Å². The fourth-order valence-corrected chi connectivity index (χ4v) is 4.54. The monoisotopic (exact) mass is 364 g/mol. The van der Waals surface area contributed by atoms with Crippen LogP contribution in [0.15, 0.2) is 18.2 Å². The maximum atomic E-state index is 12.5. The van der Waals surface area contributed by atoms with Gasteiger partial charge in [-0.05, 0) is 49.5 Å². The standard InChI is InChI=1S/C15H22Cl2N2O2S/c1-2-18-10-12-5-7-19(8-6-12)22(20,21)11-13-3-4-14(16)15(17)9-13/h3-4,9,12,18H,2,5-8,10-11H2,1H3. The second-order valence-corrected chi connectivity index (χ2v) is 8.44. The van der Waals surface area contributed by atoms with Crippen LogP contribution in [0.25, 0.3) is 0 Å². The number of nitrogens with one attached hydrogen (secondary N) is 1. The lowest BCUT2D eigenvalue weighted by Gasteiger charge is -2.31. The largest absolute Gasteiger partial charge is 0.317 e. The molecule has 0 aliphatic carbocycles. The summed E-state index contributed by atoms with van der Waals surface area (Å²) in [6.07, 6.45) is 1.82. The molecular weight excluding hydrogens is 343 g/mol. The van der Waals surface area contributed by atoms with E-state index >= 15 is 0 Å². The topological polar surface area (TPSA) is 49.4 Å². The van der Waals surface area contributed by atoms with E-state index in [1.54, 1.807) is 22.5 Å². The molecule has 1 aliphatic rings. The van der Waals surface area contributed by atoms with Gasteiger partial charge in [-0.3, -0.25) is 0 Å². The van der Waals surface area contributed by atoms with E-state index in [4.69, 9.17) is 23.2 Å². The highest BCUT2D eigenvalue weighted by atomic mass is 35.5. The normalized spacial score (nSPS) is 17.8. The van der Waals surface area contributed by atoms with Crippen molar-refractivity contribution in [2.75, 3.05) is 26.2 Å². The first-order valence-corrected chi connectivity index (χ1v) is 9.91. The van der Waals surface area contributed by atoms with Crippen molar-refractivity contribution in [2.45, 2.75) is 25.5 Å². The van der Waals surface area contributed by atoms with Gasteiger partial charge in [0.15, 0.2) is 0 Å². The Morgan fingerprint density at radius 3 is 2.50 bits per heavy atom. The zero-order chi connectivity index (χ0) is 16.2. The molecule has 1 N–H and O–H groups in total. The van der Waals surface area contributed by atoms with Gasteiger partial charge in [-0.15, -0.1) is 0 Å². The average molecular weight is 365 g/mol. The Labute approximate surface area is 142 Å². The van der Waals surface area contributed by atoms with Gasteiger partial charge in [-0.2, -0.15) is 0 Å². The Bertz CT molecular complexity index is 600. The van der Waals surface area contributed by atoms with E-state index in [0.29, 0.717) is 34.6 Å². The molecule has 0 aromatic heterocycles. The minimum Gasteiger partial charge on any atom is -0.317 e. The highest BCUT2D eigenvalue weighted by Gasteiger charge is 2.28. The van der Waals surface area contributed by atoms with E-state index in [9.17, 15) is 8.42 Å². The van der Waals surface area contributed by atoms with Crippen molar-refractivity contribution in [3.8, 4) is 0 Å². The summed E-state index contributed by atoms with van der Waals surface area (Å²) in [4.78, 5) is 0. The molecule has 0 spiro atoms. The number of halogens is 2. The van der Waals surface area contributed by atoms with Crippen LogP contribution in [0.3, 0.4) is 0 Å². The van der Waals surface area contributed by atoms with Gasteiger partial charge in [-0.1, -0.05) is 36.2 Å². The van der Waals surface area contributed by atoms with Crippen LogP contribution in [-0.4, -0.2) is 38.9 Å². The van der Waals surface area contributed by atoms with Crippen LogP contribution in [0.4, 0.5) is 0 Å². The second kappa shape index (κ2) is 7.97. The summed E-state index contributed by atoms with van der Waals surface area (Å²) in [5.74, 6) is 0.540. The van der Waals surface area contributed by atoms with E-state index < -0.39 is 10.0 Å². The molecule has 124 valence electrons. The molecule has 0 unspecified atom stereocenters. The van der Waals surface area contributed by atoms with Crippen molar-refractivity contribution in [3.63, 3.8) is 0 Å². The third-order valence-corrected chi connectivity index (χ3v) is 6.57. The minimum atomic E-state index is -3.30. The molecule has 22 heavy (non-hydrogen) atoms. The Morgan fingerprint density at radius 1 is 1.23 bits per heavy atom. The fourth-order valence-electron chi connectivity index (χ4n) is 2.67. The van der Waals surface area contributed by atoms with Crippen molar-refractivity contribution in [3.05, 3.63) is 33.8 Å². The van der Waals surface area contributed by atoms with E-state index in [1.807, 2.05) is 0 Å². The summed E-state index contributed by atoms with van der Waals surface area (Å²) in [6, 6.07) is 4.97. The van der Waals surface area contributed by atoms with Gasteiger partial charge < -0.3 is 5.32 Å². The number of piperidine rings is 1. The van der Waals surface area contributed by atoms with Gasteiger partial charge >= 0.3 is 0 Å². The van der Waals surface area contributed by atoms with Crippen LogP contribution in [0.2, 0.25) is 10.0 Å². The summed E-state index contributed by atoms with van der Waals surface area (Å²) in [5.41, 5.74) is 0.671. The lowest BCUT2D eigenvalue weighted by atomic mass is 9.98. The molecule has 0 amide bonds. The predicted molar refractivity (Wildman–Crippen MR) is 91.9 cm³/mol. The van der Waals surface area contributed by atoms with Crippen LogP contribution < -0.4 is 5.32 Å². The Morgan fingerprint density at radius 2 is 1.91 bits per heavy atom. The van der Waals surface area contributed by atoms with Crippen molar-refractivity contribution >= 4 is 33.2 Å². The van der Waals surface area contributed by atoms with E-state index in [0.717, 1.165) is 25.9 Å². The Kier molecular flexibility index (Phi) is 6.53. The highest BCUT2D eigenvalue weighted by molar-refractivity contribution is 7.88. The maximum Gasteiger partial charge on any atom is 0.218 e. The smallest absolute Gasteiger partial charge is 0.218 e. The summed E-state index contributed by atoms with van der Waals surface area (Å²) < 4.78 is 26.6. The van der Waals surface area contributed by atoms with Crippen molar-refractivity contribution < 1.29 is 8.42 Å². The molecule has 1 saturated heterocycles. The molecular formula is C15H22Cl2N2O2S. The van der Waals surface area contributed by atoms with Crippen LogP contribution in [-0.2, 0) is 15.8 Å². The summed E-state index contributed by atoms with van der Waals surface area (Å²) in [5, 5.41) is 4.15. The first-order valence-electron chi connectivity index (χ1n) is 7.55. The number of benzene rings is 1. The average Bonchev–Trinajstić information content (AvgIpc) is 2.49. The van der Waals surface area contributed by atoms with Gasteiger partial charge in [0.25, 0.3) is 0 Å². The number of rotatable bonds is 6. The zero-order valence-corrected chi connectivity index (χ0v) is 15.0. The minimum absolute atomic E-state index is 0.0260. The van der Waals surface area contributed by atoms with Gasteiger partial charge in [0.05, 0.1) is 15.8 Å². The zero-order valence-electron chi connectivity index (χ0n) is 12.7. The van der Waals surface area contributed by atoms with Gasteiger partial charge in [0, 0.05) is 13.1 Å². The quantitative estimate of drug-likeness (QED) is 0.843. The summed E-state index contributed by atoms with van der Waals surface area (Å²) in [7, 11) is -3.30. The van der Waals surface area contributed by atoms with Crippen molar-refractivity contribution in [2.24, 2.45) is 5.92 Å². The molecule has 1 heterocycles. The molecule has 1 fully saturated rings. The van der Waals surface area contributed by atoms with Gasteiger partial charge in [0.1, 0.15) is 0 Å². The number of hydrogen-bond acceptors (Lipinski definition) is 3. The van der Waals surface area contributed by atoms with E-state index in [-0.39, 0.29) is 5.75 Å². The molecule has 1 aromatic rings. The van der Waals surface area contributed by atoms with Crippen molar-refractivity contribution in [1.82, 2.24) is 9.62 Å². The highest BCUT2D eigenvalue weighted by Crippen LogP contribution is 2.25. The van der Waals surface area contributed by atoms with Gasteiger partial charge in [-0.25, -0.2) is 12.7 Å². The molecule has 4 nitrogen and oxygen atoms in total. The first-order chi connectivity index (χ1) is 10.4. The number of sulfonamides is 1. The summed E-state index contributed by atoms with van der Waals surface area (Å²) in [6.45, 7) is 5.20. The molecule has 0 radical (unpaired) electrons. The van der Waals surface area contributed by atoms with Crippen LogP contribution in [0, 0.1) is 5.92 Å². The molecule has 7 heteroatoms. The molecule has 1 aliphatic heterocycles. The van der Waals surface area contributed by atoms with E-state index in [2.05, 4.69) is 12.2 Å². The SMILES string of the molecule is CCNCC1CCN(S(=O)(=O)Cc2ccc(Cl)c(Cl)c2)CC1. The third kappa shape index (κ3) is 4.83. The molecule has 0 atom stereocenters. The lowest BCUT2D eigenvalue weighted by molar-refractivity contribution is 0.268. The maximum absolute atomic E-state index is 12.5. The Hall–Kier alpha value is -0.330. The molecule has 1 aromatic carbocycles.